The Morgan fingerprint density at radius 3 is 3.20 bits per heavy atom. The molecule has 1 N–H and O–H groups in total. The summed E-state index contributed by atoms with van der Waals surface area (Å²) in [6, 6.07) is 8.50. The van der Waals surface area contributed by atoms with E-state index in [-0.39, 0.29) is 0 Å². The van der Waals surface area contributed by atoms with E-state index in [2.05, 4.69) is 17.4 Å². The topological polar surface area (TPSA) is 30.5 Å². The summed E-state index contributed by atoms with van der Waals surface area (Å²) in [7, 11) is 0. The van der Waals surface area contributed by atoms with Crippen LogP contribution in [0.1, 0.15) is 18.5 Å². The molecule has 1 unspecified atom stereocenters. The highest BCUT2D eigenvalue weighted by Gasteiger charge is 2.15. The zero-order chi connectivity index (χ0) is 10.5. The molecule has 1 atom stereocenters. The van der Waals surface area contributed by atoms with E-state index in [0.717, 1.165) is 25.5 Å². The molecule has 1 fully saturated rings. The van der Waals surface area contributed by atoms with Gasteiger partial charge in [0.05, 0.1) is 25.9 Å². The molecule has 0 aliphatic carbocycles. The fourth-order valence-corrected chi connectivity index (χ4v) is 1.77. The van der Waals surface area contributed by atoms with Gasteiger partial charge in [0.15, 0.2) is 0 Å². The van der Waals surface area contributed by atoms with Gasteiger partial charge in [-0.15, -0.1) is 0 Å². The largest absolute Gasteiger partial charge is 0.494 e. The fraction of sp³-hybridized carbons (Fsp3) is 0.500. The minimum Gasteiger partial charge on any atom is -0.494 e. The molecular formula is C12H17NO2. The van der Waals surface area contributed by atoms with Gasteiger partial charge >= 0.3 is 0 Å². The molecule has 2 rings (SSSR count). The van der Waals surface area contributed by atoms with E-state index in [0.29, 0.717) is 12.6 Å². The second-order valence-corrected chi connectivity index (χ2v) is 3.59. The van der Waals surface area contributed by atoms with Crippen molar-refractivity contribution in [2.75, 3.05) is 26.4 Å². The van der Waals surface area contributed by atoms with Crippen LogP contribution in [0, 0.1) is 0 Å². The quantitative estimate of drug-likeness (QED) is 0.819. The zero-order valence-corrected chi connectivity index (χ0v) is 9.03. The van der Waals surface area contributed by atoms with Gasteiger partial charge in [-0.25, -0.2) is 0 Å². The predicted molar refractivity (Wildman–Crippen MR) is 59.2 cm³/mol. The molecule has 1 saturated heterocycles. The first-order valence-corrected chi connectivity index (χ1v) is 5.44. The molecule has 1 heterocycles. The van der Waals surface area contributed by atoms with E-state index < -0.39 is 0 Å². The van der Waals surface area contributed by atoms with Crippen LogP contribution in [0.5, 0.6) is 5.75 Å². The molecule has 82 valence electrons. The van der Waals surface area contributed by atoms with Crippen LogP contribution >= 0.6 is 0 Å². The van der Waals surface area contributed by atoms with Crippen molar-refractivity contribution in [1.82, 2.24) is 5.32 Å². The molecule has 0 aromatic heterocycles. The standard InChI is InChI=1S/C12H17NO2/c1-2-15-11-5-3-4-10(8-11)12-9-14-7-6-13-12/h3-5,8,12-13H,2,6-7,9H2,1H3. The van der Waals surface area contributed by atoms with Crippen molar-refractivity contribution < 1.29 is 9.47 Å². The Hall–Kier alpha value is -1.06. The number of benzene rings is 1. The average Bonchev–Trinajstić information content (AvgIpc) is 2.31. The van der Waals surface area contributed by atoms with Gasteiger partial charge in [-0.1, -0.05) is 12.1 Å². The lowest BCUT2D eigenvalue weighted by Gasteiger charge is -2.24. The minimum absolute atomic E-state index is 0.305. The highest BCUT2D eigenvalue weighted by atomic mass is 16.5. The van der Waals surface area contributed by atoms with E-state index in [1.54, 1.807) is 0 Å². The van der Waals surface area contributed by atoms with E-state index in [1.807, 2.05) is 19.1 Å². The Kier molecular flexibility index (Phi) is 3.59. The highest BCUT2D eigenvalue weighted by molar-refractivity contribution is 5.30. The van der Waals surface area contributed by atoms with Crippen molar-refractivity contribution >= 4 is 0 Å². The molecule has 3 heteroatoms. The van der Waals surface area contributed by atoms with E-state index in [1.165, 1.54) is 5.56 Å². The molecule has 1 aromatic carbocycles. The van der Waals surface area contributed by atoms with Gasteiger partial charge in [0.1, 0.15) is 5.75 Å². The molecule has 0 bridgehead atoms. The first-order chi connectivity index (χ1) is 7.40. The van der Waals surface area contributed by atoms with Gasteiger partial charge in [0, 0.05) is 6.54 Å². The third-order valence-electron chi connectivity index (χ3n) is 2.49. The van der Waals surface area contributed by atoms with E-state index in [9.17, 15) is 0 Å². The monoisotopic (exact) mass is 207 g/mol. The van der Waals surface area contributed by atoms with Crippen molar-refractivity contribution in [3.05, 3.63) is 29.8 Å². The maximum absolute atomic E-state index is 5.47. The van der Waals surface area contributed by atoms with E-state index in [4.69, 9.17) is 9.47 Å². The Morgan fingerprint density at radius 2 is 2.47 bits per heavy atom. The highest BCUT2D eigenvalue weighted by Crippen LogP contribution is 2.20. The summed E-state index contributed by atoms with van der Waals surface area (Å²) in [5.41, 5.74) is 1.24. The summed E-state index contributed by atoms with van der Waals surface area (Å²) >= 11 is 0. The number of morpholine rings is 1. The van der Waals surface area contributed by atoms with Crippen LogP contribution in [0.3, 0.4) is 0 Å². The minimum atomic E-state index is 0.305. The number of hydrogen-bond donors (Lipinski definition) is 1. The summed E-state index contributed by atoms with van der Waals surface area (Å²) in [5, 5.41) is 3.42. The smallest absolute Gasteiger partial charge is 0.119 e. The van der Waals surface area contributed by atoms with Gasteiger partial charge in [-0.2, -0.15) is 0 Å². The maximum atomic E-state index is 5.47. The second-order valence-electron chi connectivity index (χ2n) is 3.59. The summed E-state index contributed by atoms with van der Waals surface area (Å²) in [6.45, 7) is 5.17. The fourth-order valence-electron chi connectivity index (χ4n) is 1.77. The lowest BCUT2D eigenvalue weighted by atomic mass is 10.1. The molecule has 0 saturated carbocycles. The summed E-state index contributed by atoms with van der Waals surface area (Å²) < 4.78 is 10.9. The van der Waals surface area contributed by atoms with Crippen molar-refractivity contribution in [3.8, 4) is 5.75 Å². The van der Waals surface area contributed by atoms with Crippen molar-refractivity contribution in [3.63, 3.8) is 0 Å². The van der Waals surface area contributed by atoms with E-state index >= 15 is 0 Å². The van der Waals surface area contributed by atoms with Crippen LogP contribution in [0.2, 0.25) is 0 Å². The van der Waals surface area contributed by atoms with Crippen molar-refractivity contribution in [2.45, 2.75) is 13.0 Å². The van der Waals surface area contributed by atoms with Crippen LogP contribution in [-0.4, -0.2) is 26.4 Å². The van der Waals surface area contributed by atoms with Crippen LogP contribution < -0.4 is 10.1 Å². The van der Waals surface area contributed by atoms with Gasteiger partial charge in [0.25, 0.3) is 0 Å². The molecular weight excluding hydrogens is 190 g/mol. The second kappa shape index (κ2) is 5.14. The third-order valence-corrected chi connectivity index (χ3v) is 2.49. The van der Waals surface area contributed by atoms with Gasteiger partial charge in [0.2, 0.25) is 0 Å². The SMILES string of the molecule is CCOc1cccc(C2COCCN2)c1. The molecule has 0 amide bonds. The first kappa shape index (κ1) is 10.5. The maximum Gasteiger partial charge on any atom is 0.119 e. The van der Waals surface area contributed by atoms with Crippen LogP contribution in [0.15, 0.2) is 24.3 Å². The molecule has 0 radical (unpaired) electrons. The Labute approximate surface area is 90.4 Å². The number of ether oxygens (including phenoxy) is 2. The molecule has 3 nitrogen and oxygen atoms in total. The van der Waals surface area contributed by atoms with Crippen LogP contribution in [0.25, 0.3) is 0 Å². The lowest BCUT2D eigenvalue weighted by Crippen LogP contribution is -2.34. The van der Waals surface area contributed by atoms with Gasteiger partial charge in [-0.3, -0.25) is 0 Å². The Balaban J connectivity index is 2.09. The lowest BCUT2D eigenvalue weighted by molar-refractivity contribution is 0.0768. The van der Waals surface area contributed by atoms with Crippen molar-refractivity contribution in [2.24, 2.45) is 0 Å². The number of nitrogens with one attached hydrogen (secondary N) is 1. The Morgan fingerprint density at radius 1 is 1.53 bits per heavy atom. The normalized spacial score (nSPS) is 21.3. The van der Waals surface area contributed by atoms with Gasteiger partial charge < -0.3 is 14.8 Å². The molecule has 0 spiro atoms. The molecule has 1 aromatic rings. The first-order valence-electron chi connectivity index (χ1n) is 5.44. The van der Waals surface area contributed by atoms with Crippen LogP contribution in [-0.2, 0) is 4.74 Å². The average molecular weight is 207 g/mol. The molecule has 1 aliphatic heterocycles. The molecule has 15 heavy (non-hydrogen) atoms. The number of hydrogen-bond acceptors (Lipinski definition) is 3. The predicted octanol–water partition coefficient (Wildman–Crippen LogP) is 1.75. The Bertz CT molecular complexity index is 308. The van der Waals surface area contributed by atoms with Crippen molar-refractivity contribution in [1.29, 1.82) is 0 Å². The number of rotatable bonds is 3. The summed E-state index contributed by atoms with van der Waals surface area (Å²) in [5.74, 6) is 0.933. The summed E-state index contributed by atoms with van der Waals surface area (Å²) in [4.78, 5) is 0. The molecule has 1 aliphatic rings. The third kappa shape index (κ3) is 2.70. The van der Waals surface area contributed by atoms with Gasteiger partial charge in [-0.05, 0) is 24.6 Å². The summed E-state index contributed by atoms with van der Waals surface area (Å²) in [6.07, 6.45) is 0. The van der Waals surface area contributed by atoms with Crippen LogP contribution in [0.4, 0.5) is 0 Å². The zero-order valence-electron chi connectivity index (χ0n) is 9.03.